The number of rotatable bonds is 7. The van der Waals surface area contributed by atoms with Gasteiger partial charge in [-0.1, -0.05) is 42.5 Å². The van der Waals surface area contributed by atoms with Crippen LogP contribution in [0.5, 0.6) is 11.5 Å². The highest BCUT2D eigenvalue weighted by Crippen LogP contribution is 2.39. The van der Waals surface area contributed by atoms with Gasteiger partial charge in [0, 0.05) is 22.8 Å². The second-order valence-electron chi connectivity index (χ2n) is 6.85. The van der Waals surface area contributed by atoms with Gasteiger partial charge in [-0.2, -0.15) is 0 Å². The molecule has 0 aromatic heterocycles. The number of nitrogens with zero attached hydrogens (tertiary/aromatic N) is 1. The Kier molecular flexibility index (Phi) is 5.76. The zero-order chi connectivity index (χ0) is 20.2. The van der Waals surface area contributed by atoms with Crippen LogP contribution < -0.4 is 9.47 Å². The Hall–Kier alpha value is -2.92. The average molecular weight is 406 g/mol. The van der Waals surface area contributed by atoms with Crippen LogP contribution in [-0.4, -0.2) is 30.8 Å². The summed E-state index contributed by atoms with van der Waals surface area (Å²) in [7, 11) is 3.24. The zero-order valence-corrected chi connectivity index (χ0v) is 17.3. The van der Waals surface area contributed by atoms with Crippen molar-refractivity contribution in [2.24, 2.45) is 0 Å². The SMILES string of the molecule is COc1ccc(CN2C(=O)c3ccccc3C2CSc2ccccc2)cc1OC. The Morgan fingerprint density at radius 3 is 2.38 bits per heavy atom. The Morgan fingerprint density at radius 1 is 0.897 bits per heavy atom. The normalized spacial score (nSPS) is 15.3. The topological polar surface area (TPSA) is 38.8 Å². The average Bonchev–Trinajstić information content (AvgIpc) is 3.04. The molecule has 0 radical (unpaired) electrons. The largest absolute Gasteiger partial charge is 0.493 e. The highest BCUT2D eigenvalue weighted by Gasteiger charge is 2.36. The van der Waals surface area contributed by atoms with E-state index in [0.717, 1.165) is 22.4 Å². The molecule has 4 nitrogen and oxygen atoms in total. The third-order valence-corrected chi connectivity index (χ3v) is 6.23. The number of fused-ring (bicyclic) bond motifs is 1. The molecule has 29 heavy (non-hydrogen) atoms. The molecule has 0 aliphatic carbocycles. The molecule has 0 spiro atoms. The molecule has 1 unspecified atom stereocenters. The van der Waals surface area contributed by atoms with Gasteiger partial charge in [0.15, 0.2) is 11.5 Å². The van der Waals surface area contributed by atoms with E-state index in [1.165, 1.54) is 4.90 Å². The van der Waals surface area contributed by atoms with Gasteiger partial charge in [-0.15, -0.1) is 11.8 Å². The van der Waals surface area contributed by atoms with Crippen molar-refractivity contribution in [3.63, 3.8) is 0 Å². The summed E-state index contributed by atoms with van der Waals surface area (Å²) in [4.78, 5) is 16.3. The summed E-state index contributed by atoms with van der Waals surface area (Å²) in [5, 5.41) is 0. The monoisotopic (exact) mass is 405 g/mol. The van der Waals surface area contributed by atoms with E-state index in [1.807, 2.05) is 59.5 Å². The molecule has 148 valence electrons. The molecule has 3 aromatic carbocycles. The third kappa shape index (κ3) is 3.96. The Bertz CT molecular complexity index is 1010. The molecule has 1 amide bonds. The van der Waals surface area contributed by atoms with E-state index in [-0.39, 0.29) is 11.9 Å². The van der Waals surface area contributed by atoms with E-state index in [9.17, 15) is 4.79 Å². The number of methoxy groups -OCH3 is 2. The van der Waals surface area contributed by atoms with Crippen molar-refractivity contribution in [3.05, 3.63) is 89.5 Å². The van der Waals surface area contributed by atoms with Crippen molar-refractivity contribution in [2.45, 2.75) is 17.5 Å². The molecule has 1 aliphatic rings. The van der Waals surface area contributed by atoms with Gasteiger partial charge in [-0.3, -0.25) is 4.79 Å². The first-order valence-electron chi connectivity index (χ1n) is 9.50. The van der Waals surface area contributed by atoms with E-state index < -0.39 is 0 Å². The lowest BCUT2D eigenvalue weighted by atomic mass is 10.1. The summed E-state index contributed by atoms with van der Waals surface area (Å²) < 4.78 is 10.8. The molecule has 1 aliphatic heterocycles. The standard InChI is InChI=1S/C24H23NO3S/c1-27-22-13-12-17(14-23(22)28-2)15-25-21(16-29-18-8-4-3-5-9-18)19-10-6-7-11-20(19)24(25)26/h3-14,21H,15-16H2,1-2H3. The molecule has 1 heterocycles. The third-order valence-electron chi connectivity index (χ3n) is 5.14. The van der Waals surface area contributed by atoms with Gasteiger partial charge >= 0.3 is 0 Å². The number of hydrogen-bond acceptors (Lipinski definition) is 4. The number of hydrogen-bond donors (Lipinski definition) is 0. The van der Waals surface area contributed by atoms with Crippen LogP contribution in [0.25, 0.3) is 0 Å². The first kappa shape index (κ1) is 19.4. The minimum atomic E-state index is 0.0250. The second kappa shape index (κ2) is 8.62. The molecule has 0 bridgehead atoms. The molecule has 1 atom stereocenters. The van der Waals surface area contributed by atoms with Crippen LogP contribution in [0, 0.1) is 0 Å². The minimum absolute atomic E-state index is 0.0250. The van der Waals surface area contributed by atoms with E-state index >= 15 is 0 Å². The van der Waals surface area contributed by atoms with Crippen LogP contribution in [0.4, 0.5) is 0 Å². The van der Waals surface area contributed by atoms with Crippen molar-refractivity contribution in [3.8, 4) is 11.5 Å². The second-order valence-corrected chi connectivity index (χ2v) is 7.94. The van der Waals surface area contributed by atoms with Gasteiger partial charge in [0.25, 0.3) is 5.91 Å². The van der Waals surface area contributed by atoms with Gasteiger partial charge in [0.1, 0.15) is 0 Å². The van der Waals surface area contributed by atoms with Crippen molar-refractivity contribution in [1.29, 1.82) is 0 Å². The van der Waals surface area contributed by atoms with Crippen LogP contribution in [0.3, 0.4) is 0 Å². The molecule has 0 saturated heterocycles. The number of carbonyl (C=O) groups excluding carboxylic acids is 1. The minimum Gasteiger partial charge on any atom is -0.493 e. The highest BCUT2D eigenvalue weighted by atomic mass is 32.2. The first-order valence-corrected chi connectivity index (χ1v) is 10.5. The Balaban J connectivity index is 1.61. The van der Waals surface area contributed by atoms with Gasteiger partial charge in [0.05, 0.1) is 20.3 Å². The molecular formula is C24H23NO3S. The smallest absolute Gasteiger partial charge is 0.255 e. The van der Waals surface area contributed by atoms with Crippen LogP contribution in [0.2, 0.25) is 0 Å². The van der Waals surface area contributed by atoms with Gasteiger partial charge in [-0.05, 0) is 41.5 Å². The predicted molar refractivity (Wildman–Crippen MR) is 116 cm³/mol. The van der Waals surface area contributed by atoms with E-state index in [4.69, 9.17) is 9.47 Å². The summed E-state index contributed by atoms with van der Waals surface area (Å²) in [6.45, 7) is 0.522. The molecule has 4 rings (SSSR count). The molecule has 3 aromatic rings. The summed E-state index contributed by atoms with van der Waals surface area (Å²) in [5.41, 5.74) is 2.91. The van der Waals surface area contributed by atoms with Crippen LogP contribution in [0.1, 0.15) is 27.5 Å². The molecule has 0 fully saturated rings. The fraction of sp³-hybridized carbons (Fsp3) is 0.208. The van der Waals surface area contributed by atoms with Crippen LogP contribution in [-0.2, 0) is 6.54 Å². The van der Waals surface area contributed by atoms with Crippen molar-refractivity contribution in [2.75, 3.05) is 20.0 Å². The Labute approximate surface area is 175 Å². The summed E-state index contributed by atoms with van der Waals surface area (Å²) in [6, 6.07) is 24.1. The maximum absolute atomic E-state index is 13.2. The van der Waals surface area contributed by atoms with E-state index in [1.54, 1.807) is 26.0 Å². The molecule has 0 N–H and O–H groups in total. The maximum atomic E-state index is 13.2. The number of thioether (sulfide) groups is 1. The lowest BCUT2D eigenvalue weighted by Gasteiger charge is -2.26. The highest BCUT2D eigenvalue weighted by molar-refractivity contribution is 7.99. The summed E-state index contributed by atoms with van der Waals surface area (Å²) in [5.74, 6) is 2.24. The van der Waals surface area contributed by atoms with Crippen molar-refractivity contribution in [1.82, 2.24) is 4.90 Å². The molecule has 5 heteroatoms. The van der Waals surface area contributed by atoms with E-state index in [0.29, 0.717) is 18.0 Å². The Morgan fingerprint density at radius 2 is 1.62 bits per heavy atom. The number of amides is 1. The maximum Gasteiger partial charge on any atom is 0.255 e. The van der Waals surface area contributed by atoms with Gasteiger partial charge in [-0.25, -0.2) is 0 Å². The first-order chi connectivity index (χ1) is 14.2. The number of benzene rings is 3. The zero-order valence-electron chi connectivity index (χ0n) is 16.5. The summed E-state index contributed by atoms with van der Waals surface area (Å²) >= 11 is 1.77. The van der Waals surface area contributed by atoms with Gasteiger partial charge < -0.3 is 14.4 Å². The van der Waals surface area contributed by atoms with Crippen LogP contribution in [0.15, 0.2) is 77.7 Å². The fourth-order valence-electron chi connectivity index (χ4n) is 3.68. The fourth-order valence-corrected chi connectivity index (χ4v) is 4.74. The van der Waals surface area contributed by atoms with Crippen molar-refractivity contribution >= 4 is 17.7 Å². The van der Waals surface area contributed by atoms with Gasteiger partial charge in [0.2, 0.25) is 0 Å². The molecule has 0 saturated carbocycles. The lowest BCUT2D eigenvalue weighted by Crippen LogP contribution is -2.28. The number of ether oxygens (including phenoxy) is 2. The predicted octanol–water partition coefficient (Wildman–Crippen LogP) is 5.19. The lowest BCUT2D eigenvalue weighted by molar-refractivity contribution is 0.0726. The summed E-state index contributed by atoms with van der Waals surface area (Å²) in [6.07, 6.45) is 0. The quantitative estimate of drug-likeness (QED) is 0.507. The van der Waals surface area contributed by atoms with Crippen LogP contribution >= 0.6 is 11.8 Å². The molecular weight excluding hydrogens is 382 g/mol. The van der Waals surface area contributed by atoms with Crippen molar-refractivity contribution < 1.29 is 14.3 Å². The van der Waals surface area contributed by atoms with E-state index in [2.05, 4.69) is 18.2 Å². The number of carbonyl (C=O) groups is 1.